The van der Waals surface area contributed by atoms with Crippen molar-refractivity contribution >= 4 is 28.9 Å². The Morgan fingerprint density at radius 1 is 1.39 bits per heavy atom. The standard InChI is InChI=1S/C21H25ClN6O3/c1-30-9-2-6-28-7-3-14(4-8-28)25-21(29)17-11-18(22)19(16-5-10-31-20(16)17)27-26-15(12-23)13-24/h11,14,27H,2-10H2,1H3,(H,25,29). The van der Waals surface area contributed by atoms with Crippen molar-refractivity contribution in [2.24, 2.45) is 5.10 Å². The number of hydrogen-bond acceptors (Lipinski definition) is 8. The Bertz CT molecular complexity index is 913. The molecule has 2 aliphatic rings. The van der Waals surface area contributed by atoms with Crippen LogP contribution in [0.15, 0.2) is 11.2 Å². The lowest BCUT2D eigenvalue weighted by Gasteiger charge is -2.32. The molecule has 164 valence electrons. The van der Waals surface area contributed by atoms with E-state index >= 15 is 0 Å². The maximum atomic E-state index is 13.0. The van der Waals surface area contributed by atoms with E-state index in [0.717, 1.165) is 45.5 Å². The molecule has 2 aliphatic heterocycles. The minimum Gasteiger partial charge on any atom is -0.492 e. The maximum absolute atomic E-state index is 13.0. The largest absolute Gasteiger partial charge is 0.492 e. The minimum atomic E-state index is -0.320. The molecule has 0 saturated carbocycles. The van der Waals surface area contributed by atoms with Crippen LogP contribution < -0.4 is 15.5 Å². The molecule has 0 spiro atoms. The summed E-state index contributed by atoms with van der Waals surface area (Å²) >= 11 is 6.40. The zero-order valence-corrected chi connectivity index (χ0v) is 18.2. The topological polar surface area (TPSA) is 123 Å². The van der Waals surface area contributed by atoms with Crippen LogP contribution in [-0.4, -0.2) is 62.5 Å². The van der Waals surface area contributed by atoms with Gasteiger partial charge in [-0.15, -0.1) is 0 Å². The molecule has 3 rings (SSSR count). The molecular weight excluding hydrogens is 420 g/mol. The van der Waals surface area contributed by atoms with Gasteiger partial charge < -0.3 is 19.7 Å². The number of benzene rings is 1. The lowest BCUT2D eigenvalue weighted by atomic mass is 10.0. The number of hydrogen-bond donors (Lipinski definition) is 2. The molecule has 1 aromatic carbocycles. The predicted octanol–water partition coefficient (Wildman–Crippen LogP) is 2.32. The lowest BCUT2D eigenvalue weighted by molar-refractivity contribution is 0.0904. The number of ether oxygens (including phenoxy) is 2. The van der Waals surface area contributed by atoms with E-state index in [-0.39, 0.29) is 22.7 Å². The first kappa shape index (κ1) is 22.8. The van der Waals surface area contributed by atoms with Crippen LogP contribution in [0.25, 0.3) is 0 Å². The molecule has 9 nitrogen and oxygen atoms in total. The smallest absolute Gasteiger partial charge is 0.255 e. The number of piperidine rings is 1. The van der Waals surface area contributed by atoms with Gasteiger partial charge in [-0.3, -0.25) is 10.2 Å². The van der Waals surface area contributed by atoms with Gasteiger partial charge >= 0.3 is 0 Å². The highest BCUT2D eigenvalue weighted by molar-refractivity contribution is 6.34. The van der Waals surface area contributed by atoms with Gasteiger partial charge in [-0.1, -0.05) is 11.6 Å². The Balaban J connectivity index is 1.67. The monoisotopic (exact) mass is 444 g/mol. The number of rotatable bonds is 8. The number of nitriles is 2. The first-order chi connectivity index (χ1) is 15.1. The highest BCUT2D eigenvalue weighted by atomic mass is 35.5. The van der Waals surface area contributed by atoms with Gasteiger partial charge in [-0.05, 0) is 25.3 Å². The van der Waals surface area contributed by atoms with E-state index in [1.54, 1.807) is 19.2 Å². The molecule has 2 N–H and O–H groups in total. The number of nitrogens with zero attached hydrogens (tertiary/aromatic N) is 4. The van der Waals surface area contributed by atoms with E-state index < -0.39 is 0 Å². The molecule has 1 aromatic rings. The molecule has 31 heavy (non-hydrogen) atoms. The molecule has 0 aromatic heterocycles. The molecule has 0 bridgehead atoms. The van der Waals surface area contributed by atoms with Gasteiger partial charge in [0.05, 0.1) is 22.9 Å². The Morgan fingerprint density at radius 3 is 2.81 bits per heavy atom. The Hall–Kier alpha value is -2.85. The number of anilines is 1. The molecule has 1 fully saturated rings. The Kier molecular flexibility index (Phi) is 8.07. The summed E-state index contributed by atoms with van der Waals surface area (Å²) in [5.41, 5.74) is 3.89. The number of carbonyl (C=O) groups is 1. The molecule has 1 amide bonds. The fraction of sp³-hybridized carbons (Fsp3) is 0.524. The van der Waals surface area contributed by atoms with Crippen molar-refractivity contribution in [3.05, 3.63) is 22.2 Å². The maximum Gasteiger partial charge on any atom is 0.255 e. The number of fused-ring (bicyclic) bond motifs is 1. The van der Waals surface area contributed by atoms with Gasteiger partial charge in [0.2, 0.25) is 5.71 Å². The number of likely N-dealkylation sites (tertiary alicyclic amines) is 1. The summed E-state index contributed by atoms with van der Waals surface area (Å²) < 4.78 is 10.8. The van der Waals surface area contributed by atoms with Crippen molar-refractivity contribution in [2.45, 2.75) is 31.7 Å². The van der Waals surface area contributed by atoms with Crippen molar-refractivity contribution in [1.82, 2.24) is 10.2 Å². The van der Waals surface area contributed by atoms with Crippen LogP contribution in [0.4, 0.5) is 5.69 Å². The van der Waals surface area contributed by atoms with Gasteiger partial charge in [0.25, 0.3) is 5.91 Å². The van der Waals surface area contributed by atoms with E-state index in [1.165, 1.54) is 6.07 Å². The molecule has 0 aliphatic carbocycles. The van der Waals surface area contributed by atoms with Gasteiger partial charge in [0.15, 0.2) is 0 Å². The zero-order valence-electron chi connectivity index (χ0n) is 17.4. The van der Waals surface area contributed by atoms with Crippen LogP contribution in [-0.2, 0) is 11.2 Å². The van der Waals surface area contributed by atoms with Gasteiger partial charge in [0.1, 0.15) is 17.9 Å². The SMILES string of the molecule is COCCCN1CCC(NC(=O)c2cc(Cl)c(NN=C(C#N)C#N)c3c2OCC3)CC1. The van der Waals surface area contributed by atoms with Crippen LogP contribution in [0.3, 0.4) is 0 Å². The van der Waals surface area contributed by atoms with E-state index in [0.29, 0.717) is 35.6 Å². The van der Waals surface area contributed by atoms with E-state index in [4.69, 9.17) is 31.6 Å². The number of hydrazone groups is 1. The number of nitrogens with one attached hydrogen (secondary N) is 2. The zero-order chi connectivity index (χ0) is 22.2. The minimum absolute atomic E-state index is 0.0956. The summed E-state index contributed by atoms with van der Waals surface area (Å²) in [4.78, 5) is 15.4. The lowest BCUT2D eigenvalue weighted by Crippen LogP contribution is -2.45. The van der Waals surface area contributed by atoms with Crippen molar-refractivity contribution in [2.75, 3.05) is 45.4 Å². The van der Waals surface area contributed by atoms with Crippen LogP contribution in [0.5, 0.6) is 5.75 Å². The number of amides is 1. The van der Waals surface area contributed by atoms with E-state index in [1.807, 2.05) is 0 Å². The average Bonchev–Trinajstić information content (AvgIpc) is 3.26. The third-order valence-electron chi connectivity index (χ3n) is 5.41. The summed E-state index contributed by atoms with van der Waals surface area (Å²) in [6, 6.07) is 4.99. The highest BCUT2D eigenvalue weighted by Gasteiger charge is 2.28. The molecule has 0 unspecified atom stereocenters. The highest BCUT2D eigenvalue weighted by Crippen LogP contribution is 2.40. The summed E-state index contributed by atoms with van der Waals surface area (Å²) in [5.74, 6) is 0.245. The molecule has 2 heterocycles. The number of methoxy groups -OCH3 is 1. The van der Waals surface area contributed by atoms with Gasteiger partial charge in [-0.25, -0.2) is 0 Å². The second-order valence-corrected chi connectivity index (χ2v) is 7.83. The molecule has 0 atom stereocenters. The summed E-state index contributed by atoms with van der Waals surface area (Å²) in [6.45, 7) is 4.04. The van der Waals surface area contributed by atoms with E-state index in [2.05, 4.69) is 20.7 Å². The molecule has 10 heteroatoms. The second kappa shape index (κ2) is 11.0. The summed E-state index contributed by atoms with van der Waals surface area (Å²) in [7, 11) is 1.71. The van der Waals surface area contributed by atoms with Crippen molar-refractivity contribution < 1.29 is 14.3 Å². The van der Waals surface area contributed by atoms with Crippen LogP contribution in [0, 0.1) is 22.7 Å². The van der Waals surface area contributed by atoms with Crippen LogP contribution in [0.2, 0.25) is 5.02 Å². The summed E-state index contributed by atoms with van der Waals surface area (Å²) in [6.07, 6.45) is 3.32. The molecule has 0 radical (unpaired) electrons. The predicted molar refractivity (Wildman–Crippen MR) is 116 cm³/mol. The average molecular weight is 445 g/mol. The van der Waals surface area contributed by atoms with Crippen LogP contribution >= 0.6 is 11.6 Å². The number of carbonyl (C=O) groups excluding carboxylic acids is 1. The first-order valence-corrected chi connectivity index (χ1v) is 10.6. The Morgan fingerprint density at radius 2 is 2.13 bits per heavy atom. The third kappa shape index (κ3) is 5.65. The Labute approximate surface area is 186 Å². The number of halogens is 1. The van der Waals surface area contributed by atoms with Crippen LogP contribution in [0.1, 0.15) is 35.2 Å². The van der Waals surface area contributed by atoms with Gasteiger partial charge in [-0.2, -0.15) is 15.6 Å². The quantitative estimate of drug-likeness (QED) is 0.358. The molecule has 1 saturated heterocycles. The van der Waals surface area contributed by atoms with Crippen molar-refractivity contribution in [1.29, 1.82) is 10.5 Å². The molecular formula is C21H25ClN6O3. The fourth-order valence-corrected chi connectivity index (χ4v) is 4.08. The van der Waals surface area contributed by atoms with Crippen molar-refractivity contribution in [3.63, 3.8) is 0 Å². The second-order valence-electron chi connectivity index (χ2n) is 7.42. The van der Waals surface area contributed by atoms with Crippen molar-refractivity contribution in [3.8, 4) is 17.9 Å². The third-order valence-corrected chi connectivity index (χ3v) is 5.71. The summed E-state index contributed by atoms with van der Waals surface area (Å²) in [5, 5.41) is 24.8. The van der Waals surface area contributed by atoms with E-state index in [9.17, 15) is 4.79 Å². The fourth-order valence-electron chi connectivity index (χ4n) is 3.82. The normalized spacial score (nSPS) is 15.9. The van der Waals surface area contributed by atoms with Gasteiger partial charge in [0, 0.05) is 51.4 Å². The first-order valence-electron chi connectivity index (χ1n) is 10.2.